The van der Waals surface area contributed by atoms with Gasteiger partial charge in [0.25, 0.3) is 11.8 Å². The summed E-state index contributed by atoms with van der Waals surface area (Å²) in [6.07, 6.45) is 2.08. The highest BCUT2D eigenvalue weighted by atomic mass is 16.3. The van der Waals surface area contributed by atoms with Crippen molar-refractivity contribution in [1.29, 1.82) is 0 Å². The minimum Gasteiger partial charge on any atom is -0.459 e. The lowest BCUT2D eigenvalue weighted by molar-refractivity contribution is 0.0914. The molecule has 22 heavy (non-hydrogen) atoms. The van der Waals surface area contributed by atoms with Crippen molar-refractivity contribution in [1.82, 2.24) is 5.32 Å². The molecule has 0 aliphatic heterocycles. The van der Waals surface area contributed by atoms with Gasteiger partial charge < -0.3 is 20.2 Å². The summed E-state index contributed by atoms with van der Waals surface area (Å²) in [6, 6.07) is 9.43. The van der Waals surface area contributed by atoms with E-state index in [1.807, 2.05) is 6.92 Å². The van der Waals surface area contributed by atoms with Crippen molar-refractivity contribution in [2.45, 2.75) is 19.4 Å². The first kappa shape index (κ1) is 15.8. The number of anilines is 1. The summed E-state index contributed by atoms with van der Waals surface area (Å²) in [4.78, 5) is 23.8. The highest BCUT2D eigenvalue weighted by Gasteiger charge is 2.12. The minimum atomic E-state index is -0.353. The van der Waals surface area contributed by atoms with Crippen LogP contribution >= 0.6 is 0 Å². The Labute approximate surface area is 128 Å². The second kappa shape index (κ2) is 7.42. The van der Waals surface area contributed by atoms with E-state index >= 15 is 0 Å². The number of nitrogens with one attached hydrogen (secondary N) is 2. The normalized spacial score (nSPS) is 11.7. The number of amides is 2. The lowest BCUT2D eigenvalue weighted by Crippen LogP contribution is -2.36. The van der Waals surface area contributed by atoms with E-state index in [4.69, 9.17) is 9.52 Å². The third kappa shape index (κ3) is 3.95. The Morgan fingerprint density at radius 1 is 1.18 bits per heavy atom. The fourth-order valence-electron chi connectivity index (χ4n) is 1.85. The van der Waals surface area contributed by atoms with Gasteiger partial charge in [-0.05, 0) is 42.8 Å². The molecule has 1 atom stereocenters. The molecule has 0 unspecified atom stereocenters. The zero-order valence-electron chi connectivity index (χ0n) is 12.2. The molecule has 0 aliphatic carbocycles. The quantitative estimate of drug-likeness (QED) is 0.761. The van der Waals surface area contributed by atoms with Gasteiger partial charge in [0.1, 0.15) is 0 Å². The smallest absolute Gasteiger partial charge is 0.291 e. The molecule has 0 fully saturated rings. The number of benzene rings is 1. The number of aliphatic hydroxyl groups is 1. The van der Waals surface area contributed by atoms with E-state index in [-0.39, 0.29) is 30.2 Å². The van der Waals surface area contributed by atoms with Crippen molar-refractivity contribution in [3.63, 3.8) is 0 Å². The van der Waals surface area contributed by atoms with Crippen LogP contribution in [0.4, 0.5) is 5.69 Å². The summed E-state index contributed by atoms with van der Waals surface area (Å²) >= 11 is 0. The van der Waals surface area contributed by atoms with Crippen LogP contribution in [0.3, 0.4) is 0 Å². The molecule has 2 aromatic rings. The van der Waals surface area contributed by atoms with E-state index < -0.39 is 0 Å². The zero-order chi connectivity index (χ0) is 15.9. The van der Waals surface area contributed by atoms with Gasteiger partial charge in [-0.2, -0.15) is 0 Å². The molecule has 3 N–H and O–H groups in total. The number of carbonyl (C=O) groups is 2. The molecule has 6 nitrogen and oxygen atoms in total. The average Bonchev–Trinajstić information content (AvgIpc) is 3.07. The maximum absolute atomic E-state index is 12.0. The van der Waals surface area contributed by atoms with Crippen LogP contribution < -0.4 is 10.6 Å². The van der Waals surface area contributed by atoms with Crippen LogP contribution in [0, 0.1) is 0 Å². The third-order valence-electron chi connectivity index (χ3n) is 3.20. The van der Waals surface area contributed by atoms with Crippen LogP contribution in [0.1, 0.15) is 34.3 Å². The zero-order valence-corrected chi connectivity index (χ0v) is 12.2. The van der Waals surface area contributed by atoms with Gasteiger partial charge in [-0.25, -0.2) is 0 Å². The van der Waals surface area contributed by atoms with Crippen LogP contribution in [-0.2, 0) is 0 Å². The SMILES string of the molecule is CC[C@@H](CO)NC(=O)c1ccc(NC(=O)c2ccco2)cc1. The fraction of sp³-hybridized carbons (Fsp3) is 0.250. The van der Waals surface area contributed by atoms with Gasteiger partial charge in [0.15, 0.2) is 5.76 Å². The lowest BCUT2D eigenvalue weighted by Gasteiger charge is -2.14. The summed E-state index contributed by atoms with van der Waals surface area (Å²) in [6.45, 7) is 1.79. The summed E-state index contributed by atoms with van der Waals surface area (Å²) in [7, 11) is 0. The summed E-state index contributed by atoms with van der Waals surface area (Å²) in [5.41, 5.74) is 1.02. The van der Waals surface area contributed by atoms with E-state index in [9.17, 15) is 9.59 Å². The molecule has 1 aromatic carbocycles. The van der Waals surface area contributed by atoms with E-state index in [0.29, 0.717) is 17.7 Å². The van der Waals surface area contributed by atoms with Crippen molar-refractivity contribution < 1.29 is 19.1 Å². The van der Waals surface area contributed by atoms with Crippen molar-refractivity contribution in [3.05, 3.63) is 54.0 Å². The lowest BCUT2D eigenvalue weighted by atomic mass is 10.1. The van der Waals surface area contributed by atoms with Crippen molar-refractivity contribution in [2.75, 3.05) is 11.9 Å². The largest absolute Gasteiger partial charge is 0.459 e. The number of aliphatic hydroxyl groups excluding tert-OH is 1. The standard InChI is InChI=1S/C16H18N2O4/c1-2-12(10-19)17-15(20)11-5-7-13(8-6-11)18-16(21)14-4-3-9-22-14/h3-9,12,19H,2,10H2,1H3,(H,17,20)(H,18,21)/t12-/m0/s1. The number of hydrogen-bond acceptors (Lipinski definition) is 4. The van der Waals surface area contributed by atoms with Gasteiger partial charge in [-0.1, -0.05) is 6.92 Å². The summed E-state index contributed by atoms with van der Waals surface area (Å²) < 4.78 is 5.00. The first-order valence-electron chi connectivity index (χ1n) is 7.00. The fourth-order valence-corrected chi connectivity index (χ4v) is 1.85. The minimum absolute atomic E-state index is 0.0977. The van der Waals surface area contributed by atoms with E-state index in [1.54, 1.807) is 36.4 Å². The van der Waals surface area contributed by atoms with Gasteiger partial charge in [0.2, 0.25) is 0 Å². The van der Waals surface area contributed by atoms with Gasteiger partial charge in [-0.15, -0.1) is 0 Å². The van der Waals surface area contributed by atoms with Crippen molar-refractivity contribution >= 4 is 17.5 Å². The molecule has 0 saturated carbocycles. The van der Waals surface area contributed by atoms with Crippen LogP contribution in [0.25, 0.3) is 0 Å². The van der Waals surface area contributed by atoms with Gasteiger partial charge >= 0.3 is 0 Å². The van der Waals surface area contributed by atoms with Crippen LogP contribution in [-0.4, -0.2) is 29.6 Å². The Morgan fingerprint density at radius 2 is 1.91 bits per heavy atom. The van der Waals surface area contributed by atoms with Crippen LogP contribution in [0.15, 0.2) is 47.1 Å². The molecule has 6 heteroatoms. The molecule has 1 heterocycles. The number of rotatable bonds is 6. The molecule has 0 saturated heterocycles. The average molecular weight is 302 g/mol. The van der Waals surface area contributed by atoms with Gasteiger partial charge in [0.05, 0.1) is 18.9 Å². The topological polar surface area (TPSA) is 91.6 Å². The Hall–Kier alpha value is -2.60. The van der Waals surface area contributed by atoms with Gasteiger partial charge in [0, 0.05) is 11.3 Å². The van der Waals surface area contributed by atoms with Crippen molar-refractivity contribution in [2.24, 2.45) is 0 Å². The highest BCUT2D eigenvalue weighted by molar-refractivity contribution is 6.02. The second-order valence-electron chi connectivity index (χ2n) is 4.77. The van der Waals surface area contributed by atoms with Gasteiger partial charge in [-0.3, -0.25) is 9.59 Å². The highest BCUT2D eigenvalue weighted by Crippen LogP contribution is 2.12. The number of carbonyl (C=O) groups excluding carboxylic acids is 2. The first-order valence-corrected chi connectivity index (χ1v) is 7.00. The van der Waals surface area contributed by atoms with Crippen LogP contribution in [0.5, 0.6) is 0 Å². The predicted octanol–water partition coefficient (Wildman–Crippen LogP) is 2.03. The molecule has 0 radical (unpaired) electrons. The Bertz CT molecular complexity index is 616. The molecule has 2 rings (SSSR count). The first-order chi connectivity index (χ1) is 10.6. The van der Waals surface area contributed by atoms with Crippen molar-refractivity contribution in [3.8, 4) is 0 Å². The maximum atomic E-state index is 12.0. The van der Waals surface area contributed by atoms with E-state index in [2.05, 4.69) is 10.6 Å². The summed E-state index contributed by atoms with van der Waals surface area (Å²) in [5, 5.41) is 14.5. The maximum Gasteiger partial charge on any atom is 0.291 e. The summed E-state index contributed by atoms with van der Waals surface area (Å²) in [5.74, 6) is -0.395. The molecule has 1 aromatic heterocycles. The van der Waals surface area contributed by atoms with E-state index in [1.165, 1.54) is 6.26 Å². The Balaban J connectivity index is 1.98. The second-order valence-corrected chi connectivity index (χ2v) is 4.77. The molecular weight excluding hydrogens is 284 g/mol. The monoisotopic (exact) mass is 302 g/mol. The molecule has 0 aliphatic rings. The Kier molecular flexibility index (Phi) is 5.32. The number of hydrogen-bond donors (Lipinski definition) is 3. The molecule has 0 bridgehead atoms. The molecular formula is C16H18N2O4. The molecule has 2 amide bonds. The Morgan fingerprint density at radius 3 is 2.45 bits per heavy atom. The number of furan rings is 1. The molecule has 0 spiro atoms. The van der Waals surface area contributed by atoms with Crippen LogP contribution in [0.2, 0.25) is 0 Å². The third-order valence-corrected chi connectivity index (χ3v) is 3.20. The van der Waals surface area contributed by atoms with E-state index in [0.717, 1.165) is 0 Å². The molecule has 116 valence electrons. The predicted molar refractivity (Wildman–Crippen MR) is 81.7 cm³/mol.